The number of likely N-dealkylation sites (N-methyl/N-ethyl adjacent to an activating group) is 1. The molecule has 1 amide bonds. The van der Waals surface area contributed by atoms with Crippen molar-refractivity contribution in [1.82, 2.24) is 19.2 Å². The van der Waals surface area contributed by atoms with E-state index in [0.717, 1.165) is 30.0 Å². The van der Waals surface area contributed by atoms with Gasteiger partial charge in [-0.25, -0.2) is 13.5 Å². The summed E-state index contributed by atoms with van der Waals surface area (Å²) in [5, 5.41) is 3.24. The molecular weight excluding hydrogens is 474 g/mol. The van der Waals surface area contributed by atoms with Gasteiger partial charge in [0, 0.05) is 50.9 Å². The second-order valence-corrected chi connectivity index (χ2v) is 11.6. The van der Waals surface area contributed by atoms with Gasteiger partial charge in [-0.15, -0.1) is 0 Å². The number of benzene rings is 2. The molecule has 1 N–H and O–H groups in total. The van der Waals surface area contributed by atoms with Crippen LogP contribution in [0.4, 0.5) is 28.8 Å². The lowest BCUT2D eigenvalue weighted by Gasteiger charge is -2.34. The number of amides is 1. The molecule has 36 heavy (non-hydrogen) atoms. The fraction of sp³-hybridized carbons (Fsp3) is 0.308. The van der Waals surface area contributed by atoms with E-state index in [4.69, 9.17) is 4.98 Å². The number of anilines is 5. The predicted molar refractivity (Wildman–Crippen MR) is 146 cm³/mol. The third-order valence-electron chi connectivity index (χ3n) is 6.82. The number of fused-ring (bicyclic) bond motifs is 2. The molecule has 2 aromatic carbocycles. The Kier molecular flexibility index (Phi) is 6.19. The van der Waals surface area contributed by atoms with E-state index in [0.29, 0.717) is 41.0 Å². The van der Waals surface area contributed by atoms with Crippen LogP contribution in [-0.4, -0.2) is 82.5 Å². The number of carbonyl (C=O) groups is 1. The van der Waals surface area contributed by atoms with Crippen molar-refractivity contribution in [3.8, 4) is 0 Å². The van der Waals surface area contributed by atoms with Crippen molar-refractivity contribution in [2.75, 3.05) is 62.4 Å². The minimum atomic E-state index is -2.61. The van der Waals surface area contributed by atoms with Crippen LogP contribution in [0, 0.1) is 6.92 Å². The second-order valence-electron chi connectivity index (χ2n) is 9.37. The van der Waals surface area contributed by atoms with Crippen molar-refractivity contribution in [2.45, 2.75) is 11.8 Å². The molecule has 1 saturated heterocycles. The Morgan fingerprint density at radius 2 is 1.72 bits per heavy atom. The van der Waals surface area contributed by atoms with Gasteiger partial charge in [0.1, 0.15) is 5.69 Å². The number of piperazine rings is 1. The molecule has 0 aliphatic carbocycles. The molecule has 0 spiro atoms. The van der Waals surface area contributed by atoms with Gasteiger partial charge >= 0.3 is 0 Å². The Balaban J connectivity index is 1.45. The second kappa shape index (κ2) is 9.20. The summed E-state index contributed by atoms with van der Waals surface area (Å²) in [6.45, 7) is 5.12. The molecule has 9 nitrogen and oxygen atoms in total. The van der Waals surface area contributed by atoms with E-state index in [1.54, 1.807) is 18.1 Å². The summed E-state index contributed by atoms with van der Waals surface area (Å²) in [5.41, 5.74) is 3.75. The van der Waals surface area contributed by atoms with E-state index < -0.39 is 9.71 Å². The fourth-order valence-electron chi connectivity index (χ4n) is 4.56. The van der Waals surface area contributed by atoms with Crippen molar-refractivity contribution < 1.29 is 9.00 Å². The van der Waals surface area contributed by atoms with Crippen molar-refractivity contribution >= 4 is 50.3 Å². The number of nitrogens with one attached hydrogen (secondary N) is 1. The third-order valence-corrected chi connectivity index (χ3v) is 9.01. The number of aromatic nitrogens is 2. The minimum Gasteiger partial charge on any atom is -0.327 e. The molecule has 3 aromatic rings. The zero-order valence-corrected chi connectivity index (χ0v) is 21.9. The van der Waals surface area contributed by atoms with Gasteiger partial charge in [0.2, 0.25) is 5.95 Å². The standard InChI is InChI=1S/C26H31N7O2S/c1-18-9-10-22-21(15-18)25(34)32(4)23-17-27-26(29-24(23)31(22)3)28-19-7-6-8-20(16-19)36(5,35)33-13-11-30(2)12-14-33/h6-10,15-17H,5,11-14H2,1-4H3,(H,27,28,29). The largest absolute Gasteiger partial charge is 0.327 e. The van der Waals surface area contributed by atoms with Crippen molar-refractivity contribution in [1.29, 1.82) is 0 Å². The van der Waals surface area contributed by atoms with E-state index in [9.17, 15) is 9.00 Å². The molecule has 1 fully saturated rings. The van der Waals surface area contributed by atoms with E-state index in [1.807, 2.05) is 65.6 Å². The maximum Gasteiger partial charge on any atom is 0.260 e. The van der Waals surface area contributed by atoms with E-state index in [-0.39, 0.29) is 5.91 Å². The van der Waals surface area contributed by atoms with Gasteiger partial charge in [0.25, 0.3) is 5.91 Å². The number of rotatable bonds is 4. The van der Waals surface area contributed by atoms with E-state index >= 15 is 0 Å². The molecule has 2 aliphatic rings. The molecular formula is C26H31N7O2S. The first-order chi connectivity index (χ1) is 17.1. The van der Waals surface area contributed by atoms with Crippen LogP contribution in [0.15, 0.2) is 53.6 Å². The highest BCUT2D eigenvalue weighted by atomic mass is 32.2. The first-order valence-corrected chi connectivity index (χ1v) is 13.5. The van der Waals surface area contributed by atoms with Gasteiger partial charge in [-0.1, -0.05) is 17.7 Å². The van der Waals surface area contributed by atoms with E-state index in [1.165, 1.54) is 0 Å². The molecule has 1 unspecified atom stereocenters. The van der Waals surface area contributed by atoms with Crippen LogP contribution in [0.5, 0.6) is 0 Å². The highest BCUT2D eigenvalue weighted by Gasteiger charge is 2.29. The zero-order chi connectivity index (χ0) is 25.6. The van der Waals surface area contributed by atoms with Crippen LogP contribution in [-0.2, 0) is 9.71 Å². The summed E-state index contributed by atoms with van der Waals surface area (Å²) < 4.78 is 15.6. The normalized spacial score (nSPS) is 18.3. The average molecular weight is 506 g/mol. The monoisotopic (exact) mass is 505 g/mol. The molecule has 3 heterocycles. The Hall–Kier alpha value is -3.47. The van der Waals surface area contributed by atoms with Crippen LogP contribution < -0.4 is 15.1 Å². The van der Waals surface area contributed by atoms with Crippen molar-refractivity contribution in [3.63, 3.8) is 0 Å². The summed E-state index contributed by atoms with van der Waals surface area (Å²) in [6, 6.07) is 13.3. The molecule has 1 atom stereocenters. The number of nitrogens with zero attached hydrogens (tertiary/aromatic N) is 6. The molecule has 0 saturated carbocycles. The lowest BCUT2D eigenvalue weighted by molar-refractivity contribution is 0.0994. The van der Waals surface area contributed by atoms with Crippen molar-refractivity contribution in [2.24, 2.45) is 0 Å². The predicted octanol–water partition coefficient (Wildman–Crippen LogP) is 3.12. The van der Waals surface area contributed by atoms with Crippen LogP contribution in [0.1, 0.15) is 15.9 Å². The summed E-state index contributed by atoms with van der Waals surface area (Å²) in [6.07, 6.45) is 1.65. The molecule has 0 radical (unpaired) electrons. The van der Waals surface area contributed by atoms with Gasteiger partial charge in [-0.3, -0.25) is 4.79 Å². The lowest BCUT2D eigenvalue weighted by Crippen LogP contribution is -2.46. The summed E-state index contributed by atoms with van der Waals surface area (Å²) in [4.78, 5) is 28.7. The van der Waals surface area contributed by atoms with Crippen LogP contribution >= 0.6 is 0 Å². The maximum absolute atomic E-state index is 13.6. The van der Waals surface area contributed by atoms with Gasteiger partial charge < -0.3 is 20.0 Å². The molecule has 2 aliphatic heterocycles. The Morgan fingerprint density at radius 3 is 2.47 bits per heavy atom. The molecule has 1 aromatic heterocycles. The number of hydrogen-bond donors (Lipinski definition) is 1. The van der Waals surface area contributed by atoms with Gasteiger partial charge in [-0.2, -0.15) is 4.98 Å². The van der Waals surface area contributed by atoms with Gasteiger partial charge in [-0.05, 0) is 50.2 Å². The smallest absolute Gasteiger partial charge is 0.260 e. The molecule has 0 bridgehead atoms. The van der Waals surface area contributed by atoms with Crippen LogP contribution in [0.25, 0.3) is 0 Å². The molecule has 5 rings (SSSR count). The Bertz CT molecular complexity index is 1430. The van der Waals surface area contributed by atoms with Crippen LogP contribution in [0.3, 0.4) is 0 Å². The quantitative estimate of drug-likeness (QED) is 0.546. The maximum atomic E-state index is 13.6. The number of hydrogen-bond acceptors (Lipinski definition) is 7. The fourth-order valence-corrected chi connectivity index (χ4v) is 6.22. The Labute approximate surface area is 212 Å². The van der Waals surface area contributed by atoms with Crippen LogP contribution in [0.2, 0.25) is 0 Å². The van der Waals surface area contributed by atoms with Gasteiger partial charge in [0.05, 0.1) is 27.2 Å². The highest BCUT2D eigenvalue weighted by molar-refractivity contribution is 7.98. The highest BCUT2D eigenvalue weighted by Crippen LogP contribution is 2.38. The zero-order valence-electron chi connectivity index (χ0n) is 21.1. The molecule has 188 valence electrons. The topological polar surface area (TPSA) is 84.9 Å². The van der Waals surface area contributed by atoms with Crippen molar-refractivity contribution in [3.05, 3.63) is 59.8 Å². The minimum absolute atomic E-state index is 0.106. The number of carbonyl (C=O) groups excluding carboxylic acids is 1. The summed E-state index contributed by atoms with van der Waals surface area (Å²) >= 11 is 0. The number of aryl methyl sites for hydroxylation is 1. The SMILES string of the molecule is C=S(=O)(c1cccc(Nc2ncc3c(n2)N(C)c2ccc(C)cc2C(=O)N3C)c1)N1CCN(C)CC1. The average Bonchev–Trinajstić information content (AvgIpc) is 2.94. The van der Waals surface area contributed by atoms with Gasteiger partial charge in [0.15, 0.2) is 5.82 Å². The first kappa shape index (κ1) is 24.2. The third kappa shape index (κ3) is 4.32. The summed E-state index contributed by atoms with van der Waals surface area (Å²) in [7, 11) is 3.09. The Morgan fingerprint density at radius 1 is 0.972 bits per heavy atom. The summed E-state index contributed by atoms with van der Waals surface area (Å²) in [5.74, 6) is 4.97. The lowest BCUT2D eigenvalue weighted by atomic mass is 10.1. The van der Waals surface area contributed by atoms with E-state index in [2.05, 4.69) is 28.1 Å². The molecule has 10 heteroatoms. The first-order valence-electron chi connectivity index (χ1n) is 11.8.